The summed E-state index contributed by atoms with van der Waals surface area (Å²) >= 11 is 1.75. The number of hydrogen-bond donors (Lipinski definition) is 0. The molecular formula is C13H21NO2S. The molecule has 1 unspecified atom stereocenters. The highest BCUT2D eigenvalue weighted by atomic mass is 32.1. The Labute approximate surface area is 107 Å². The molecule has 0 saturated heterocycles. The minimum atomic E-state index is -0.144. The lowest BCUT2D eigenvalue weighted by molar-refractivity contribution is -0.142. The average Bonchev–Trinajstić information content (AvgIpc) is 2.77. The SMILES string of the molecule is COC(=O)CC(C)N(Cc1cccs1)C(C)C. The van der Waals surface area contributed by atoms with Crippen LogP contribution in [-0.4, -0.2) is 30.1 Å². The summed E-state index contributed by atoms with van der Waals surface area (Å²) in [7, 11) is 1.44. The second kappa shape index (κ2) is 6.77. The summed E-state index contributed by atoms with van der Waals surface area (Å²) in [4.78, 5) is 15.0. The maximum absolute atomic E-state index is 11.3. The second-order valence-electron chi connectivity index (χ2n) is 4.47. The van der Waals surface area contributed by atoms with Crippen LogP contribution in [0.4, 0.5) is 0 Å². The predicted octanol–water partition coefficient (Wildman–Crippen LogP) is 2.91. The van der Waals surface area contributed by atoms with Crippen molar-refractivity contribution < 1.29 is 9.53 Å². The van der Waals surface area contributed by atoms with E-state index in [9.17, 15) is 4.79 Å². The Morgan fingerprint density at radius 2 is 2.18 bits per heavy atom. The van der Waals surface area contributed by atoms with E-state index in [0.29, 0.717) is 12.5 Å². The first-order valence-corrected chi connectivity index (χ1v) is 6.77. The Balaban J connectivity index is 2.62. The molecule has 0 amide bonds. The molecule has 1 heterocycles. The van der Waals surface area contributed by atoms with E-state index in [-0.39, 0.29) is 12.0 Å². The molecule has 0 aliphatic rings. The zero-order valence-electron chi connectivity index (χ0n) is 11.0. The number of methoxy groups -OCH3 is 1. The smallest absolute Gasteiger partial charge is 0.307 e. The fraction of sp³-hybridized carbons (Fsp3) is 0.615. The van der Waals surface area contributed by atoms with Gasteiger partial charge >= 0.3 is 5.97 Å². The first-order chi connectivity index (χ1) is 8.04. The summed E-state index contributed by atoms with van der Waals surface area (Å²) in [6.45, 7) is 7.28. The van der Waals surface area contributed by atoms with E-state index in [4.69, 9.17) is 4.74 Å². The van der Waals surface area contributed by atoms with Gasteiger partial charge in [-0.2, -0.15) is 0 Å². The Morgan fingerprint density at radius 1 is 1.47 bits per heavy atom. The zero-order valence-corrected chi connectivity index (χ0v) is 11.8. The summed E-state index contributed by atoms with van der Waals surface area (Å²) in [5.74, 6) is -0.144. The van der Waals surface area contributed by atoms with E-state index in [1.807, 2.05) is 0 Å². The van der Waals surface area contributed by atoms with E-state index < -0.39 is 0 Å². The number of rotatable bonds is 6. The predicted molar refractivity (Wildman–Crippen MR) is 71.1 cm³/mol. The van der Waals surface area contributed by atoms with Crippen molar-refractivity contribution in [3.63, 3.8) is 0 Å². The molecular weight excluding hydrogens is 234 g/mol. The van der Waals surface area contributed by atoms with Crippen molar-refractivity contribution in [1.29, 1.82) is 0 Å². The number of nitrogens with zero attached hydrogens (tertiary/aromatic N) is 1. The van der Waals surface area contributed by atoms with Crippen molar-refractivity contribution in [2.24, 2.45) is 0 Å². The number of hydrogen-bond acceptors (Lipinski definition) is 4. The molecule has 0 aliphatic heterocycles. The van der Waals surface area contributed by atoms with Gasteiger partial charge in [0.25, 0.3) is 0 Å². The van der Waals surface area contributed by atoms with Gasteiger partial charge in [0.15, 0.2) is 0 Å². The van der Waals surface area contributed by atoms with E-state index in [0.717, 1.165) is 6.54 Å². The van der Waals surface area contributed by atoms with Crippen LogP contribution in [0.2, 0.25) is 0 Å². The minimum absolute atomic E-state index is 0.144. The second-order valence-corrected chi connectivity index (χ2v) is 5.51. The largest absolute Gasteiger partial charge is 0.469 e. The van der Waals surface area contributed by atoms with Gasteiger partial charge in [-0.1, -0.05) is 6.07 Å². The van der Waals surface area contributed by atoms with Crippen LogP contribution < -0.4 is 0 Å². The molecule has 1 rings (SSSR count). The molecule has 1 aromatic rings. The summed E-state index contributed by atoms with van der Waals surface area (Å²) in [6.07, 6.45) is 0.444. The molecule has 0 spiro atoms. The summed E-state index contributed by atoms with van der Waals surface area (Å²) < 4.78 is 4.72. The molecule has 3 nitrogen and oxygen atoms in total. The Bertz CT molecular complexity index is 335. The highest BCUT2D eigenvalue weighted by Crippen LogP contribution is 2.18. The van der Waals surface area contributed by atoms with Gasteiger partial charge in [-0.15, -0.1) is 11.3 Å². The maximum atomic E-state index is 11.3. The number of carbonyl (C=O) groups is 1. The standard InChI is InChI=1S/C13H21NO2S/c1-10(2)14(9-12-6-5-7-17-12)11(3)8-13(15)16-4/h5-7,10-11H,8-9H2,1-4H3. The molecule has 4 heteroatoms. The molecule has 0 N–H and O–H groups in total. The summed E-state index contributed by atoms with van der Waals surface area (Å²) in [5, 5.41) is 2.08. The normalized spacial score (nSPS) is 13.1. The molecule has 17 heavy (non-hydrogen) atoms. The molecule has 0 bridgehead atoms. The van der Waals surface area contributed by atoms with Crippen LogP contribution in [0.3, 0.4) is 0 Å². The zero-order chi connectivity index (χ0) is 12.8. The van der Waals surface area contributed by atoms with E-state index in [1.165, 1.54) is 12.0 Å². The van der Waals surface area contributed by atoms with Gasteiger partial charge in [0.1, 0.15) is 0 Å². The van der Waals surface area contributed by atoms with Crippen LogP contribution in [0, 0.1) is 0 Å². The van der Waals surface area contributed by atoms with Gasteiger partial charge in [0.05, 0.1) is 13.5 Å². The van der Waals surface area contributed by atoms with Crippen LogP contribution in [0.1, 0.15) is 32.1 Å². The van der Waals surface area contributed by atoms with E-state index >= 15 is 0 Å². The first-order valence-electron chi connectivity index (χ1n) is 5.89. The van der Waals surface area contributed by atoms with Gasteiger partial charge in [0.2, 0.25) is 0 Å². The van der Waals surface area contributed by atoms with Gasteiger partial charge < -0.3 is 4.74 Å². The summed E-state index contributed by atoms with van der Waals surface area (Å²) in [6, 6.07) is 4.80. The van der Waals surface area contributed by atoms with Gasteiger partial charge in [-0.05, 0) is 32.2 Å². The summed E-state index contributed by atoms with van der Waals surface area (Å²) in [5.41, 5.74) is 0. The van der Waals surface area contributed by atoms with Crippen molar-refractivity contribution in [2.45, 2.75) is 45.8 Å². The third-order valence-corrected chi connectivity index (χ3v) is 3.70. The topological polar surface area (TPSA) is 29.5 Å². The Kier molecular flexibility index (Phi) is 5.65. The number of carbonyl (C=O) groups excluding carboxylic acids is 1. The molecule has 96 valence electrons. The lowest BCUT2D eigenvalue weighted by Gasteiger charge is -2.31. The molecule has 0 aromatic carbocycles. The van der Waals surface area contributed by atoms with Crippen LogP contribution in [0.5, 0.6) is 0 Å². The molecule has 0 aliphatic carbocycles. The minimum Gasteiger partial charge on any atom is -0.469 e. The molecule has 1 aromatic heterocycles. The lowest BCUT2D eigenvalue weighted by atomic mass is 10.1. The molecule has 0 saturated carbocycles. The Hall–Kier alpha value is -0.870. The quantitative estimate of drug-likeness (QED) is 0.732. The maximum Gasteiger partial charge on any atom is 0.307 e. The van der Waals surface area contributed by atoms with Crippen molar-refractivity contribution in [1.82, 2.24) is 4.90 Å². The molecule has 1 atom stereocenters. The number of thiophene rings is 1. The highest BCUT2D eigenvalue weighted by molar-refractivity contribution is 7.09. The first kappa shape index (κ1) is 14.2. The lowest BCUT2D eigenvalue weighted by Crippen LogP contribution is -2.39. The van der Waals surface area contributed by atoms with E-state index in [2.05, 4.69) is 43.2 Å². The van der Waals surface area contributed by atoms with Crippen LogP contribution in [0.15, 0.2) is 17.5 Å². The third-order valence-electron chi connectivity index (χ3n) is 2.84. The fourth-order valence-corrected chi connectivity index (χ4v) is 2.58. The van der Waals surface area contributed by atoms with Crippen molar-refractivity contribution in [3.8, 4) is 0 Å². The van der Waals surface area contributed by atoms with Crippen LogP contribution in [0.25, 0.3) is 0 Å². The van der Waals surface area contributed by atoms with E-state index in [1.54, 1.807) is 11.3 Å². The van der Waals surface area contributed by atoms with Gasteiger partial charge in [-0.25, -0.2) is 0 Å². The number of ether oxygens (including phenoxy) is 1. The Morgan fingerprint density at radius 3 is 2.65 bits per heavy atom. The van der Waals surface area contributed by atoms with Crippen molar-refractivity contribution in [2.75, 3.05) is 7.11 Å². The van der Waals surface area contributed by atoms with Crippen molar-refractivity contribution in [3.05, 3.63) is 22.4 Å². The van der Waals surface area contributed by atoms with Gasteiger partial charge in [0, 0.05) is 23.5 Å². The van der Waals surface area contributed by atoms with Crippen molar-refractivity contribution >= 4 is 17.3 Å². The third kappa shape index (κ3) is 4.48. The van der Waals surface area contributed by atoms with Crippen LogP contribution in [-0.2, 0) is 16.1 Å². The van der Waals surface area contributed by atoms with Gasteiger partial charge in [-0.3, -0.25) is 9.69 Å². The number of esters is 1. The average molecular weight is 255 g/mol. The van der Waals surface area contributed by atoms with Crippen LogP contribution >= 0.6 is 11.3 Å². The molecule has 0 radical (unpaired) electrons. The highest BCUT2D eigenvalue weighted by Gasteiger charge is 2.20. The fourth-order valence-electron chi connectivity index (χ4n) is 1.87. The molecule has 0 fully saturated rings. The monoisotopic (exact) mass is 255 g/mol.